The Bertz CT molecular complexity index is 1160. The fourth-order valence-corrected chi connectivity index (χ4v) is 4.94. The highest BCUT2D eigenvalue weighted by molar-refractivity contribution is 7.89. The second-order valence-electron chi connectivity index (χ2n) is 6.98. The van der Waals surface area contributed by atoms with Gasteiger partial charge in [-0.15, -0.1) is 5.10 Å². The molecule has 1 aliphatic rings. The number of ether oxygens (including phenoxy) is 1. The first-order valence-corrected chi connectivity index (χ1v) is 10.7. The number of aromatic nitrogens is 2. The van der Waals surface area contributed by atoms with Crippen molar-refractivity contribution in [2.75, 3.05) is 13.1 Å². The van der Waals surface area contributed by atoms with Crippen LogP contribution < -0.4 is 4.74 Å². The van der Waals surface area contributed by atoms with Crippen molar-refractivity contribution in [3.8, 4) is 5.88 Å². The van der Waals surface area contributed by atoms with Crippen LogP contribution in [-0.4, -0.2) is 42.1 Å². The van der Waals surface area contributed by atoms with Crippen LogP contribution in [0.3, 0.4) is 0 Å². The highest BCUT2D eigenvalue weighted by atomic mass is 32.2. The number of sulfonamides is 1. The van der Waals surface area contributed by atoms with Crippen LogP contribution in [0.25, 0.3) is 10.8 Å². The van der Waals surface area contributed by atoms with Crippen molar-refractivity contribution in [2.45, 2.75) is 30.0 Å². The molecule has 30 heavy (non-hydrogen) atoms. The van der Waals surface area contributed by atoms with Gasteiger partial charge in [0.1, 0.15) is 6.10 Å². The van der Waals surface area contributed by atoms with E-state index in [2.05, 4.69) is 10.2 Å². The Balaban J connectivity index is 1.46. The van der Waals surface area contributed by atoms with Crippen LogP contribution in [0.15, 0.2) is 59.6 Å². The van der Waals surface area contributed by atoms with Crippen LogP contribution in [0, 0.1) is 0 Å². The summed E-state index contributed by atoms with van der Waals surface area (Å²) in [5.41, 5.74) is -0.990. The van der Waals surface area contributed by atoms with Crippen molar-refractivity contribution in [3.63, 3.8) is 0 Å². The lowest BCUT2D eigenvalue weighted by Crippen LogP contribution is -2.41. The lowest BCUT2D eigenvalue weighted by molar-refractivity contribution is -0.137. The summed E-state index contributed by atoms with van der Waals surface area (Å²) in [4.78, 5) is -0.364. The molecule has 1 aliphatic heterocycles. The van der Waals surface area contributed by atoms with E-state index in [1.807, 2.05) is 24.3 Å². The van der Waals surface area contributed by atoms with E-state index in [4.69, 9.17) is 4.74 Å². The lowest BCUT2D eigenvalue weighted by Gasteiger charge is -2.31. The molecule has 0 N–H and O–H groups in total. The second-order valence-corrected chi connectivity index (χ2v) is 8.92. The van der Waals surface area contributed by atoms with Gasteiger partial charge in [-0.3, -0.25) is 0 Å². The quantitative estimate of drug-likeness (QED) is 0.620. The van der Waals surface area contributed by atoms with Crippen molar-refractivity contribution in [1.82, 2.24) is 14.5 Å². The summed E-state index contributed by atoms with van der Waals surface area (Å²) in [6, 6.07) is 11.3. The van der Waals surface area contributed by atoms with Crippen LogP contribution in [-0.2, 0) is 16.2 Å². The molecule has 0 bridgehead atoms. The molecule has 0 saturated carbocycles. The first kappa shape index (κ1) is 20.5. The smallest absolute Gasteiger partial charge is 0.416 e. The summed E-state index contributed by atoms with van der Waals surface area (Å²) >= 11 is 0. The topological polar surface area (TPSA) is 72.4 Å². The normalized spacial score (nSPS) is 16.6. The molecule has 4 rings (SSSR count). The molecule has 1 aromatic heterocycles. The van der Waals surface area contributed by atoms with Gasteiger partial charge in [-0.05, 0) is 37.1 Å². The Morgan fingerprint density at radius 2 is 1.77 bits per heavy atom. The molecule has 0 unspecified atom stereocenters. The van der Waals surface area contributed by atoms with Gasteiger partial charge < -0.3 is 4.74 Å². The summed E-state index contributed by atoms with van der Waals surface area (Å²) in [7, 11) is -4.03. The van der Waals surface area contributed by atoms with Gasteiger partial charge >= 0.3 is 6.18 Å². The third-order valence-corrected chi connectivity index (χ3v) is 6.91. The molecule has 0 atom stereocenters. The van der Waals surface area contributed by atoms with Crippen LogP contribution >= 0.6 is 0 Å². The highest BCUT2D eigenvalue weighted by Crippen LogP contribution is 2.32. The number of alkyl halides is 3. The lowest BCUT2D eigenvalue weighted by atomic mass is 10.1. The molecule has 2 aromatic carbocycles. The van der Waals surface area contributed by atoms with E-state index in [0.29, 0.717) is 24.8 Å². The summed E-state index contributed by atoms with van der Waals surface area (Å²) < 4.78 is 71.5. The Morgan fingerprint density at radius 3 is 2.50 bits per heavy atom. The van der Waals surface area contributed by atoms with Crippen LogP contribution in [0.2, 0.25) is 0 Å². The number of piperidine rings is 1. The second kappa shape index (κ2) is 7.84. The zero-order chi connectivity index (χ0) is 21.4. The first-order chi connectivity index (χ1) is 14.2. The zero-order valence-electron chi connectivity index (χ0n) is 15.7. The molecule has 158 valence electrons. The Kier molecular flexibility index (Phi) is 5.37. The molecule has 6 nitrogen and oxygen atoms in total. The maximum Gasteiger partial charge on any atom is 0.416 e. The van der Waals surface area contributed by atoms with Gasteiger partial charge in [0, 0.05) is 23.9 Å². The van der Waals surface area contributed by atoms with Crippen molar-refractivity contribution in [2.24, 2.45) is 0 Å². The average Bonchev–Trinajstić information content (AvgIpc) is 2.74. The molecule has 0 radical (unpaired) electrons. The first-order valence-electron chi connectivity index (χ1n) is 9.29. The zero-order valence-corrected chi connectivity index (χ0v) is 16.5. The number of hydrogen-bond donors (Lipinski definition) is 0. The van der Waals surface area contributed by atoms with Crippen molar-refractivity contribution in [3.05, 3.63) is 60.3 Å². The fraction of sp³-hybridized carbons (Fsp3) is 0.300. The minimum Gasteiger partial charge on any atom is -0.473 e. The van der Waals surface area contributed by atoms with E-state index < -0.39 is 21.8 Å². The number of nitrogens with zero attached hydrogens (tertiary/aromatic N) is 3. The van der Waals surface area contributed by atoms with Gasteiger partial charge in [0.15, 0.2) is 0 Å². The molecule has 1 saturated heterocycles. The summed E-state index contributed by atoms with van der Waals surface area (Å²) in [6.45, 7) is 0.281. The van der Waals surface area contributed by atoms with Gasteiger partial charge in [0.05, 0.1) is 16.7 Å². The predicted octanol–water partition coefficient (Wildman–Crippen LogP) is 3.88. The maximum atomic E-state index is 12.9. The number of halogens is 3. The molecule has 0 aliphatic carbocycles. The summed E-state index contributed by atoms with van der Waals surface area (Å²) in [5.74, 6) is 0.382. The molecule has 10 heteroatoms. The summed E-state index contributed by atoms with van der Waals surface area (Å²) in [6.07, 6.45) is -2.46. The number of fused-ring (bicyclic) bond motifs is 1. The largest absolute Gasteiger partial charge is 0.473 e. The molecular formula is C20H18F3N3O3S. The van der Waals surface area contributed by atoms with Crippen LogP contribution in [0.5, 0.6) is 5.88 Å². The van der Waals surface area contributed by atoms with Crippen molar-refractivity contribution < 1.29 is 26.3 Å². The molecule has 1 fully saturated rings. The molecular weight excluding hydrogens is 419 g/mol. The third-order valence-electron chi connectivity index (χ3n) is 5.01. The standard InChI is InChI=1S/C20H18F3N3O3S/c21-20(22,23)15-5-3-6-17(12-15)30(27,28)26-10-8-16(9-11-26)29-19-18-7-2-1-4-14(18)13-24-25-19/h1-7,12-13,16H,8-11H2. The minimum atomic E-state index is -4.61. The Hall–Kier alpha value is -2.72. The number of rotatable bonds is 4. The van der Waals surface area contributed by atoms with Gasteiger partial charge in [-0.2, -0.15) is 22.6 Å². The maximum absolute atomic E-state index is 12.9. The van der Waals surface area contributed by atoms with Crippen LogP contribution in [0.4, 0.5) is 13.2 Å². The molecule has 2 heterocycles. The third kappa shape index (κ3) is 4.10. The Morgan fingerprint density at radius 1 is 1.03 bits per heavy atom. The van der Waals surface area contributed by atoms with Gasteiger partial charge in [-0.25, -0.2) is 8.42 Å². The van der Waals surface area contributed by atoms with E-state index in [-0.39, 0.29) is 24.1 Å². The minimum absolute atomic E-state index is 0.140. The van der Waals surface area contributed by atoms with E-state index in [0.717, 1.165) is 22.9 Å². The van der Waals surface area contributed by atoms with E-state index >= 15 is 0 Å². The van der Waals surface area contributed by atoms with Gasteiger partial charge in [0.2, 0.25) is 15.9 Å². The van der Waals surface area contributed by atoms with Crippen molar-refractivity contribution >= 4 is 20.8 Å². The van der Waals surface area contributed by atoms with Gasteiger partial charge in [-0.1, -0.05) is 24.3 Å². The Labute approximate surface area is 171 Å². The average molecular weight is 437 g/mol. The molecule has 0 amide bonds. The van der Waals surface area contributed by atoms with E-state index in [1.165, 1.54) is 10.4 Å². The van der Waals surface area contributed by atoms with Crippen LogP contribution in [0.1, 0.15) is 18.4 Å². The fourth-order valence-electron chi connectivity index (χ4n) is 3.42. The van der Waals surface area contributed by atoms with E-state index in [9.17, 15) is 21.6 Å². The van der Waals surface area contributed by atoms with E-state index in [1.54, 1.807) is 6.20 Å². The predicted molar refractivity (Wildman–Crippen MR) is 103 cm³/mol. The molecule has 0 spiro atoms. The van der Waals surface area contributed by atoms with Gasteiger partial charge in [0.25, 0.3) is 0 Å². The molecule has 3 aromatic rings. The SMILES string of the molecule is O=S(=O)(c1cccc(C(F)(F)F)c1)N1CCC(Oc2nncc3ccccc23)CC1. The number of benzene rings is 2. The highest BCUT2D eigenvalue weighted by Gasteiger charge is 2.34. The monoisotopic (exact) mass is 437 g/mol. The number of hydrogen-bond acceptors (Lipinski definition) is 5. The van der Waals surface area contributed by atoms with Crippen molar-refractivity contribution in [1.29, 1.82) is 0 Å². The summed E-state index contributed by atoms with van der Waals surface area (Å²) in [5, 5.41) is 9.66.